The number of nitrogens with one attached hydrogen (secondary N) is 1. The highest BCUT2D eigenvalue weighted by Crippen LogP contribution is 2.58. The van der Waals surface area contributed by atoms with Crippen LogP contribution >= 0.6 is 0 Å². The Kier molecular flexibility index (Phi) is 4.90. The second-order valence-corrected chi connectivity index (χ2v) is 9.34. The molecule has 156 valence electrons. The van der Waals surface area contributed by atoms with E-state index in [-0.39, 0.29) is 21.7 Å². The largest absolute Gasteiger partial charge is 0.496 e. The lowest BCUT2D eigenvalue weighted by atomic mass is 9.94. The summed E-state index contributed by atoms with van der Waals surface area (Å²) in [6, 6.07) is 10.6. The minimum atomic E-state index is -4.00. The van der Waals surface area contributed by atoms with Crippen molar-refractivity contribution >= 4 is 15.7 Å². The predicted molar refractivity (Wildman–Crippen MR) is 104 cm³/mol. The van der Waals surface area contributed by atoms with Crippen molar-refractivity contribution in [2.75, 3.05) is 31.6 Å². The summed E-state index contributed by atoms with van der Waals surface area (Å²) >= 11 is 0. The number of hydrogen-bond acceptors (Lipinski definition) is 5. The van der Waals surface area contributed by atoms with Gasteiger partial charge in [0.25, 0.3) is 10.0 Å². The SMILES string of the molecule is COc1ccc(S(=O)(=O)N(C)c2ccccc2OC(F)F)cc1C12CNCC1C2. The molecule has 0 amide bonds. The summed E-state index contributed by atoms with van der Waals surface area (Å²) in [5, 5.41) is 3.34. The van der Waals surface area contributed by atoms with Gasteiger partial charge in [-0.25, -0.2) is 8.42 Å². The average molecular weight is 424 g/mol. The second-order valence-electron chi connectivity index (χ2n) is 7.37. The molecule has 2 aromatic carbocycles. The molecule has 1 heterocycles. The summed E-state index contributed by atoms with van der Waals surface area (Å²) in [4.78, 5) is 0.0783. The van der Waals surface area contributed by atoms with Crippen molar-refractivity contribution in [3.05, 3.63) is 48.0 Å². The molecule has 2 aromatic rings. The fourth-order valence-corrected chi connectivity index (χ4v) is 5.43. The Labute approximate surface area is 168 Å². The van der Waals surface area contributed by atoms with Crippen LogP contribution in [0.2, 0.25) is 0 Å². The zero-order valence-corrected chi connectivity index (χ0v) is 16.9. The van der Waals surface area contributed by atoms with Crippen molar-refractivity contribution in [1.82, 2.24) is 5.32 Å². The maximum atomic E-state index is 13.3. The van der Waals surface area contributed by atoms with Crippen LogP contribution in [0.15, 0.2) is 47.4 Å². The number of ether oxygens (including phenoxy) is 2. The lowest BCUT2D eigenvalue weighted by molar-refractivity contribution is -0.0494. The quantitative estimate of drug-likeness (QED) is 0.740. The van der Waals surface area contributed by atoms with Crippen molar-refractivity contribution in [2.24, 2.45) is 5.92 Å². The summed E-state index contributed by atoms with van der Waals surface area (Å²) < 4.78 is 63.0. The van der Waals surface area contributed by atoms with Crippen molar-refractivity contribution < 1.29 is 26.7 Å². The van der Waals surface area contributed by atoms with E-state index in [4.69, 9.17) is 4.74 Å². The van der Waals surface area contributed by atoms with Crippen molar-refractivity contribution in [2.45, 2.75) is 23.3 Å². The second kappa shape index (κ2) is 7.14. The molecule has 1 N–H and O–H groups in total. The molecule has 1 saturated heterocycles. The molecule has 2 atom stereocenters. The normalized spacial score (nSPS) is 23.0. The molecule has 29 heavy (non-hydrogen) atoms. The van der Waals surface area contributed by atoms with Gasteiger partial charge >= 0.3 is 6.61 Å². The van der Waals surface area contributed by atoms with Crippen LogP contribution in [0.3, 0.4) is 0 Å². The lowest BCUT2D eigenvalue weighted by Gasteiger charge is -2.23. The van der Waals surface area contributed by atoms with Crippen LogP contribution in [-0.4, -0.2) is 42.3 Å². The Bertz CT molecular complexity index is 1030. The third kappa shape index (κ3) is 3.32. The van der Waals surface area contributed by atoms with Gasteiger partial charge < -0.3 is 14.8 Å². The summed E-state index contributed by atoms with van der Waals surface area (Å²) in [6.45, 7) is -1.38. The number of nitrogens with zero attached hydrogens (tertiary/aromatic N) is 1. The van der Waals surface area contributed by atoms with Gasteiger partial charge in [0.15, 0.2) is 0 Å². The van der Waals surface area contributed by atoms with Gasteiger partial charge in [0.05, 0.1) is 17.7 Å². The van der Waals surface area contributed by atoms with Crippen LogP contribution in [0.1, 0.15) is 12.0 Å². The first-order valence-electron chi connectivity index (χ1n) is 9.21. The third-order valence-corrected chi connectivity index (χ3v) is 7.62. The Morgan fingerprint density at radius 3 is 2.59 bits per heavy atom. The van der Waals surface area contributed by atoms with Crippen LogP contribution in [0.25, 0.3) is 0 Å². The van der Waals surface area contributed by atoms with Crippen LogP contribution in [0, 0.1) is 5.92 Å². The molecule has 1 saturated carbocycles. The van der Waals surface area contributed by atoms with Gasteiger partial charge in [-0.15, -0.1) is 0 Å². The number of piperidine rings is 1. The van der Waals surface area contributed by atoms with Gasteiger partial charge in [-0.1, -0.05) is 12.1 Å². The minimum absolute atomic E-state index is 0.0372. The third-order valence-electron chi connectivity index (χ3n) is 5.85. The Hall–Kier alpha value is -2.39. The molecule has 1 aliphatic carbocycles. The molecule has 9 heteroatoms. The highest BCUT2D eigenvalue weighted by atomic mass is 32.2. The number of fused-ring (bicyclic) bond motifs is 1. The van der Waals surface area contributed by atoms with Gasteiger partial charge in [-0.05, 0) is 49.2 Å². The van der Waals surface area contributed by atoms with E-state index >= 15 is 0 Å². The van der Waals surface area contributed by atoms with Crippen LogP contribution in [0.5, 0.6) is 11.5 Å². The van der Waals surface area contributed by atoms with Gasteiger partial charge in [0.1, 0.15) is 11.5 Å². The molecule has 2 unspecified atom stereocenters. The maximum absolute atomic E-state index is 13.3. The van der Waals surface area contributed by atoms with Gasteiger partial charge in [-0.3, -0.25) is 4.31 Å². The highest BCUT2D eigenvalue weighted by molar-refractivity contribution is 7.92. The summed E-state index contributed by atoms with van der Waals surface area (Å²) in [6.07, 6.45) is 0.987. The van der Waals surface area contributed by atoms with E-state index in [2.05, 4.69) is 10.1 Å². The molecule has 0 bridgehead atoms. The Morgan fingerprint density at radius 2 is 1.97 bits per heavy atom. The van der Waals surface area contributed by atoms with Crippen LogP contribution in [0.4, 0.5) is 14.5 Å². The Balaban J connectivity index is 1.73. The van der Waals surface area contributed by atoms with Crippen molar-refractivity contribution in [1.29, 1.82) is 0 Å². The number of rotatable bonds is 7. The lowest BCUT2D eigenvalue weighted by Crippen LogP contribution is -2.28. The van der Waals surface area contributed by atoms with Gasteiger partial charge in [-0.2, -0.15) is 8.78 Å². The smallest absolute Gasteiger partial charge is 0.387 e. The Morgan fingerprint density at radius 1 is 1.21 bits per heavy atom. The molecule has 6 nitrogen and oxygen atoms in total. The van der Waals surface area contributed by atoms with E-state index < -0.39 is 16.6 Å². The summed E-state index contributed by atoms with van der Waals surface area (Å²) in [7, 11) is -1.12. The number of halogens is 2. The van der Waals surface area contributed by atoms with Crippen molar-refractivity contribution in [3.63, 3.8) is 0 Å². The molecular formula is C20H22F2N2O4S. The molecule has 0 aromatic heterocycles. The van der Waals surface area contributed by atoms with Crippen molar-refractivity contribution in [3.8, 4) is 11.5 Å². The number of anilines is 1. The van der Waals surface area contributed by atoms with E-state index in [9.17, 15) is 17.2 Å². The standard InChI is InChI=1S/C20H22F2N2O4S/c1-24(16-5-3-4-6-18(16)28-19(21)22)29(25,26)14-7-8-17(27-2)15(9-14)20-10-13(20)11-23-12-20/h3-9,13,19,23H,10-12H2,1-2H3. The number of benzene rings is 2. The minimum Gasteiger partial charge on any atom is -0.496 e. The summed E-state index contributed by atoms with van der Waals surface area (Å²) in [5.41, 5.74) is 0.795. The monoisotopic (exact) mass is 424 g/mol. The molecule has 0 radical (unpaired) electrons. The molecule has 2 aliphatic rings. The molecule has 2 fully saturated rings. The highest BCUT2D eigenvalue weighted by Gasteiger charge is 2.59. The number of alkyl halides is 2. The number of para-hydroxylation sites is 2. The first-order chi connectivity index (χ1) is 13.8. The van der Waals surface area contributed by atoms with Crippen LogP contribution < -0.4 is 19.1 Å². The maximum Gasteiger partial charge on any atom is 0.387 e. The van der Waals surface area contributed by atoms with Gasteiger partial charge in [0, 0.05) is 24.6 Å². The zero-order valence-electron chi connectivity index (χ0n) is 16.1. The molecular weight excluding hydrogens is 402 g/mol. The fourth-order valence-electron chi connectivity index (χ4n) is 4.20. The topological polar surface area (TPSA) is 67.9 Å². The van der Waals surface area contributed by atoms with E-state index in [0.717, 1.165) is 29.4 Å². The van der Waals surface area contributed by atoms with Gasteiger partial charge in [0.2, 0.25) is 0 Å². The van der Waals surface area contributed by atoms with Crippen LogP contribution in [-0.2, 0) is 15.4 Å². The van der Waals surface area contributed by atoms with E-state index in [0.29, 0.717) is 11.7 Å². The first kappa shape index (κ1) is 19.9. The average Bonchev–Trinajstić information content (AvgIpc) is 3.27. The summed E-state index contributed by atoms with van der Waals surface area (Å²) in [5.74, 6) is 0.912. The first-order valence-corrected chi connectivity index (χ1v) is 10.7. The number of hydrogen-bond donors (Lipinski definition) is 1. The molecule has 1 aliphatic heterocycles. The van der Waals surface area contributed by atoms with E-state index in [1.165, 1.54) is 31.3 Å². The van der Waals surface area contributed by atoms with E-state index in [1.54, 1.807) is 25.3 Å². The molecule has 0 spiro atoms. The fraction of sp³-hybridized carbons (Fsp3) is 0.400. The zero-order chi connectivity index (χ0) is 20.8. The molecule has 4 rings (SSSR count). The predicted octanol–water partition coefficient (Wildman–Crippen LogP) is 2.98. The van der Waals surface area contributed by atoms with E-state index in [1.807, 2.05) is 0 Å². The number of sulfonamides is 1. The number of methoxy groups -OCH3 is 1.